The standard InChI is InChI=1S/C38H40N4O6S2/c1-9-17-39-49(45,46)37-23(5)19-21(3)33(25(37)7)41-29-15-16-30(32-31(29)35(43)27-13-11-12-14-28(27)36(32)44)42-34-22(4)20-24(6)38(26(34)8)50(47,48)40-18-10-2/h9-16,19-20,39-42H,1-2,17-18H2,3-8H3. The lowest BCUT2D eigenvalue weighted by Gasteiger charge is -2.26. The van der Waals surface area contributed by atoms with E-state index in [0.717, 1.165) is 11.1 Å². The zero-order valence-corrected chi connectivity index (χ0v) is 30.5. The molecule has 50 heavy (non-hydrogen) atoms. The molecule has 0 heterocycles. The first-order valence-corrected chi connectivity index (χ1v) is 18.8. The van der Waals surface area contributed by atoms with Crippen molar-refractivity contribution in [3.8, 4) is 0 Å². The Balaban J connectivity index is 1.71. The van der Waals surface area contributed by atoms with Crippen LogP contribution in [0.2, 0.25) is 0 Å². The van der Waals surface area contributed by atoms with Crippen LogP contribution in [0, 0.1) is 41.5 Å². The molecule has 4 N–H and O–H groups in total. The Bertz CT molecular complexity index is 2180. The average Bonchev–Trinajstić information content (AvgIpc) is 3.05. The highest BCUT2D eigenvalue weighted by atomic mass is 32.2. The molecule has 0 atom stereocenters. The lowest BCUT2D eigenvalue weighted by Crippen LogP contribution is -2.26. The van der Waals surface area contributed by atoms with Gasteiger partial charge in [-0.25, -0.2) is 26.3 Å². The van der Waals surface area contributed by atoms with Gasteiger partial charge in [0.05, 0.1) is 32.3 Å². The number of nitrogens with one attached hydrogen (secondary N) is 4. The monoisotopic (exact) mass is 712 g/mol. The van der Waals surface area contributed by atoms with Crippen molar-refractivity contribution in [1.29, 1.82) is 0 Å². The largest absolute Gasteiger partial charge is 0.354 e. The van der Waals surface area contributed by atoms with Gasteiger partial charge in [-0.1, -0.05) is 48.6 Å². The highest BCUT2D eigenvalue weighted by molar-refractivity contribution is 7.90. The second-order valence-electron chi connectivity index (χ2n) is 12.3. The summed E-state index contributed by atoms with van der Waals surface area (Å²) in [6.45, 7) is 17.8. The molecular formula is C38H40N4O6S2. The summed E-state index contributed by atoms with van der Waals surface area (Å²) in [4.78, 5) is 28.7. The topological polar surface area (TPSA) is 151 Å². The maximum Gasteiger partial charge on any atom is 0.241 e. The molecule has 260 valence electrons. The Morgan fingerprint density at radius 1 is 0.580 bits per heavy atom. The van der Waals surface area contributed by atoms with Crippen LogP contribution in [0.5, 0.6) is 0 Å². The number of carbonyl (C=O) groups is 2. The Morgan fingerprint density at radius 3 is 1.28 bits per heavy atom. The van der Waals surface area contributed by atoms with E-state index in [0.29, 0.717) is 45.0 Å². The normalized spacial score (nSPS) is 12.7. The zero-order valence-electron chi connectivity index (χ0n) is 28.9. The van der Waals surface area contributed by atoms with Crippen LogP contribution >= 0.6 is 0 Å². The minimum atomic E-state index is -3.91. The molecule has 1 aliphatic carbocycles. The van der Waals surface area contributed by atoms with E-state index in [1.54, 1.807) is 76.2 Å². The molecular weight excluding hydrogens is 673 g/mol. The Kier molecular flexibility index (Phi) is 10.0. The van der Waals surface area contributed by atoms with Crippen LogP contribution in [0.15, 0.2) is 83.6 Å². The van der Waals surface area contributed by atoms with Crippen LogP contribution in [0.1, 0.15) is 65.2 Å². The molecule has 0 saturated carbocycles. The first-order valence-electron chi connectivity index (χ1n) is 15.9. The lowest BCUT2D eigenvalue weighted by atomic mass is 9.82. The minimum Gasteiger partial charge on any atom is -0.354 e. The summed E-state index contributed by atoms with van der Waals surface area (Å²) in [7, 11) is -7.82. The molecule has 10 nitrogen and oxygen atoms in total. The van der Waals surface area contributed by atoms with Crippen molar-refractivity contribution < 1.29 is 26.4 Å². The van der Waals surface area contributed by atoms with Gasteiger partial charge in [0.2, 0.25) is 20.0 Å². The number of aryl methyl sites for hydroxylation is 4. The molecule has 0 unspecified atom stereocenters. The van der Waals surface area contributed by atoms with Crippen molar-refractivity contribution in [3.63, 3.8) is 0 Å². The van der Waals surface area contributed by atoms with Gasteiger partial charge in [0.15, 0.2) is 11.6 Å². The van der Waals surface area contributed by atoms with E-state index in [1.165, 1.54) is 12.2 Å². The number of sulfonamides is 2. The van der Waals surface area contributed by atoms with E-state index < -0.39 is 31.6 Å². The number of hydrogen-bond donors (Lipinski definition) is 4. The number of fused-ring (bicyclic) bond motifs is 2. The van der Waals surface area contributed by atoms with Crippen LogP contribution in [-0.4, -0.2) is 41.5 Å². The molecule has 0 aliphatic heterocycles. The van der Waals surface area contributed by atoms with E-state index in [-0.39, 0.29) is 45.1 Å². The van der Waals surface area contributed by atoms with Gasteiger partial charge in [0, 0.05) is 35.6 Å². The van der Waals surface area contributed by atoms with Crippen molar-refractivity contribution in [2.45, 2.75) is 51.3 Å². The first kappa shape index (κ1) is 36.4. The quantitative estimate of drug-likeness (QED) is 0.104. The molecule has 4 aromatic carbocycles. The fourth-order valence-corrected chi connectivity index (χ4v) is 9.67. The number of benzene rings is 4. The van der Waals surface area contributed by atoms with E-state index in [9.17, 15) is 26.4 Å². The first-order chi connectivity index (χ1) is 23.5. The summed E-state index contributed by atoms with van der Waals surface area (Å²) >= 11 is 0. The summed E-state index contributed by atoms with van der Waals surface area (Å²) < 4.78 is 58.3. The van der Waals surface area contributed by atoms with E-state index >= 15 is 0 Å². The summed E-state index contributed by atoms with van der Waals surface area (Å²) in [6.07, 6.45) is 2.91. The number of anilines is 4. The number of rotatable bonds is 12. The van der Waals surface area contributed by atoms with Gasteiger partial charge in [-0.15, -0.1) is 13.2 Å². The van der Waals surface area contributed by atoms with E-state index in [2.05, 4.69) is 33.2 Å². The van der Waals surface area contributed by atoms with Gasteiger partial charge in [0.25, 0.3) is 0 Å². The van der Waals surface area contributed by atoms with Gasteiger partial charge in [-0.3, -0.25) is 9.59 Å². The second kappa shape index (κ2) is 13.8. The molecule has 12 heteroatoms. The Labute approximate surface area is 293 Å². The van der Waals surface area contributed by atoms with Crippen molar-refractivity contribution >= 4 is 54.4 Å². The zero-order chi connectivity index (χ0) is 36.7. The van der Waals surface area contributed by atoms with Crippen molar-refractivity contribution in [3.05, 3.63) is 129 Å². The smallest absolute Gasteiger partial charge is 0.241 e. The summed E-state index contributed by atoms with van der Waals surface area (Å²) in [6, 6.07) is 13.4. The molecule has 5 rings (SSSR count). The van der Waals surface area contributed by atoms with Gasteiger partial charge >= 0.3 is 0 Å². The molecule has 0 radical (unpaired) electrons. The van der Waals surface area contributed by atoms with Crippen LogP contribution < -0.4 is 20.1 Å². The average molecular weight is 713 g/mol. The van der Waals surface area contributed by atoms with Gasteiger partial charge in [0.1, 0.15) is 0 Å². The summed E-state index contributed by atoms with van der Waals surface area (Å²) in [5.74, 6) is -0.781. The molecule has 4 aromatic rings. The third-order valence-electron chi connectivity index (χ3n) is 8.77. The predicted molar refractivity (Wildman–Crippen MR) is 198 cm³/mol. The van der Waals surface area contributed by atoms with Crippen LogP contribution in [0.3, 0.4) is 0 Å². The van der Waals surface area contributed by atoms with Crippen molar-refractivity contribution in [2.24, 2.45) is 0 Å². The van der Waals surface area contributed by atoms with Crippen LogP contribution in [-0.2, 0) is 20.0 Å². The Hall–Kier alpha value is -4.88. The second-order valence-corrected chi connectivity index (χ2v) is 15.7. The maximum atomic E-state index is 14.3. The third-order valence-corrected chi connectivity index (χ3v) is 12.2. The summed E-state index contributed by atoms with van der Waals surface area (Å²) in [5.41, 5.74) is 5.71. The molecule has 0 bridgehead atoms. The predicted octanol–water partition coefficient (Wildman–Crippen LogP) is 6.73. The highest BCUT2D eigenvalue weighted by Crippen LogP contribution is 2.42. The van der Waals surface area contributed by atoms with Gasteiger partial charge in [-0.2, -0.15) is 0 Å². The fraction of sp³-hybridized carbons (Fsp3) is 0.211. The van der Waals surface area contributed by atoms with Crippen LogP contribution in [0.4, 0.5) is 22.7 Å². The van der Waals surface area contributed by atoms with Gasteiger partial charge < -0.3 is 10.6 Å². The molecule has 0 fully saturated rings. The fourth-order valence-electron chi connectivity index (χ4n) is 6.73. The number of hydrogen-bond acceptors (Lipinski definition) is 8. The van der Waals surface area contributed by atoms with Crippen molar-refractivity contribution in [2.75, 3.05) is 23.7 Å². The SMILES string of the molecule is C=CCNS(=O)(=O)c1c(C)cc(C)c(Nc2ccc(Nc3c(C)cc(C)c(S(=O)(=O)NCC=C)c3C)c3c2C(=O)c2ccccc2C3=O)c1C. The van der Waals surface area contributed by atoms with Gasteiger partial charge in [-0.05, 0) is 87.1 Å². The number of carbonyl (C=O) groups excluding carboxylic acids is 2. The number of ketones is 2. The van der Waals surface area contributed by atoms with E-state index in [1.807, 2.05) is 13.8 Å². The lowest BCUT2D eigenvalue weighted by molar-refractivity contribution is 0.0980. The van der Waals surface area contributed by atoms with E-state index in [4.69, 9.17) is 0 Å². The molecule has 0 aromatic heterocycles. The van der Waals surface area contributed by atoms with Crippen molar-refractivity contribution in [1.82, 2.24) is 9.44 Å². The highest BCUT2D eigenvalue weighted by Gasteiger charge is 2.35. The molecule has 0 spiro atoms. The molecule has 0 amide bonds. The molecule has 0 saturated heterocycles. The molecule has 1 aliphatic rings. The Morgan fingerprint density at radius 2 is 0.940 bits per heavy atom. The summed E-state index contributed by atoms with van der Waals surface area (Å²) in [5, 5.41) is 6.61. The third kappa shape index (κ3) is 6.42. The van der Waals surface area contributed by atoms with Crippen LogP contribution in [0.25, 0.3) is 0 Å². The minimum absolute atomic E-state index is 0.0501. The maximum absolute atomic E-state index is 14.3.